The van der Waals surface area contributed by atoms with Crippen LogP contribution in [-0.4, -0.2) is 59.7 Å². The number of carbonyl (C=O) groups excluding carboxylic acids is 1. The van der Waals surface area contributed by atoms with Crippen molar-refractivity contribution < 1.29 is 9.90 Å². The van der Waals surface area contributed by atoms with Gasteiger partial charge in [-0.05, 0) is 44.4 Å². The number of amides is 1. The van der Waals surface area contributed by atoms with Crippen molar-refractivity contribution in [2.75, 3.05) is 38.0 Å². The molecule has 1 aliphatic rings. The average molecular weight is 306 g/mol. The predicted octanol–water partition coefficient (Wildman–Crippen LogP) is 0.765. The third-order valence-corrected chi connectivity index (χ3v) is 3.74. The SMILES string of the molecule is Cc1ccc(NCCCNC(=O)CN2CCC[C@@H](O)C2)nc1. The summed E-state index contributed by atoms with van der Waals surface area (Å²) in [5.41, 5.74) is 1.14. The molecule has 6 heteroatoms. The van der Waals surface area contributed by atoms with Crippen LogP contribution in [0.5, 0.6) is 0 Å². The number of piperidine rings is 1. The monoisotopic (exact) mass is 306 g/mol. The molecule has 1 saturated heterocycles. The van der Waals surface area contributed by atoms with Crippen LogP contribution in [-0.2, 0) is 4.79 Å². The molecule has 0 bridgehead atoms. The van der Waals surface area contributed by atoms with E-state index >= 15 is 0 Å². The van der Waals surface area contributed by atoms with E-state index in [0.717, 1.165) is 43.7 Å². The van der Waals surface area contributed by atoms with Crippen LogP contribution in [0.3, 0.4) is 0 Å². The van der Waals surface area contributed by atoms with Gasteiger partial charge in [0.2, 0.25) is 5.91 Å². The highest BCUT2D eigenvalue weighted by molar-refractivity contribution is 5.77. The van der Waals surface area contributed by atoms with Crippen LogP contribution >= 0.6 is 0 Å². The maximum Gasteiger partial charge on any atom is 0.234 e. The largest absolute Gasteiger partial charge is 0.392 e. The van der Waals surface area contributed by atoms with Gasteiger partial charge in [0, 0.05) is 25.8 Å². The molecule has 0 radical (unpaired) electrons. The molecule has 0 saturated carbocycles. The number of anilines is 1. The Hall–Kier alpha value is -1.66. The summed E-state index contributed by atoms with van der Waals surface area (Å²) in [6.45, 7) is 5.31. The average Bonchev–Trinajstić information content (AvgIpc) is 2.49. The Morgan fingerprint density at radius 3 is 3.05 bits per heavy atom. The molecule has 0 unspecified atom stereocenters. The lowest BCUT2D eigenvalue weighted by atomic mass is 10.1. The summed E-state index contributed by atoms with van der Waals surface area (Å²) in [6.07, 6.45) is 4.20. The zero-order chi connectivity index (χ0) is 15.8. The third-order valence-electron chi connectivity index (χ3n) is 3.74. The number of rotatable bonds is 7. The first-order chi connectivity index (χ1) is 10.6. The highest BCUT2D eigenvalue weighted by Gasteiger charge is 2.19. The lowest BCUT2D eigenvalue weighted by molar-refractivity contribution is -0.122. The number of pyridine rings is 1. The van der Waals surface area contributed by atoms with Gasteiger partial charge in [-0.25, -0.2) is 4.98 Å². The van der Waals surface area contributed by atoms with Gasteiger partial charge in [0.15, 0.2) is 0 Å². The molecular weight excluding hydrogens is 280 g/mol. The molecule has 1 aromatic rings. The van der Waals surface area contributed by atoms with Gasteiger partial charge in [0.05, 0.1) is 12.6 Å². The van der Waals surface area contributed by atoms with Gasteiger partial charge in [-0.3, -0.25) is 9.69 Å². The molecule has 1 aliphatic heterocycles. The van der Waals surface area contributed by atoms with E-state index in [0.29, 0.717) is 19.6 Å². The number of carbonyl (C=O) groups is 1. The molecule has 0 aromatic carbocycles. The van der Waals surface area contributed by atoms with Gasteiger partial charge in [0.25, 0.3) is 0 Å². The van der Waals surface area contributed by atoms with E-state index in [1.807, 2.05) is 30.2 Å². The lowest BCUT2D eigenvalue weighted by Crippen LogP contribution is -2.44. The smallest absolute Gasteiger partial charge is 0.234 e. The Bertz CT molecular complexity index is 464. The molecule has 6 nitrogen and oxygen atoms in total. The number of hydrogen-bond acceptors (Lipinski definition) is 5. The van der Waals surface area contributed by atoms with Gasteiger partial charge in [0.1, 0.15) is 5.82 Å². The summed E-state index contributed by atoms with van der Waals surface area (Å²) in [7, 11) is 0. The second-order valence-electron chi connectivity index (χ2n) is 5.88. The topological polar surface area (TPSA) is 77.5 Å². The predicted molar refractivity (Wildman–Crippen MR) is 86.8 cm³/mol. The number of aliphatic hydroxyl groups is 1. The van der Waals surface area contributed by atoms with Crippen LogP contribution in [0, 0.1) is 6.92 Å². The summed E-state index contributed by atoms with van der Waals surface area (Å²) in [4.78, 5) is 18.1. The van der Waals surface area contributed by atoms with Gasteiger partial charge in [-0.2, -0.15) is 0 Å². The summed E-state index contributed by atoms with van der Waals surface area (Å²) in [5, 5.41) is 15.7. The maximum atomic E-state index is 11.8. The van der Waals surface area contributed by atoms with Crippen LogP contribution in [0.15, 0.2) is 18.3 Å². The number of β-amino-alcohol motifs (C(OH)–C–C–N with tert-alkyl or cyclic N) is 1. The number of aromatic nitrogens is 1. The molecule has 0 aliphatic carbocycles. The Kier molecular flexibility index (Phi) is 6.61. The number of aliphatic hydroxyl groups excluding tert-OH is 1. The van der Waals surface area contributed by atoms with E-state index in [4.69, 9.17) is 0 Å². The molecule has 1 atom stereocenters. The van der Waals surface area contributed by atoms with E-state index in [2.05, 4.69) is 15.6 Å². The summed E-state index contributed by atoms with van der Waals surface area (Å²) in [6, 6.07) is 3.97. The van der Waals surface area contributed by atoms with Crippen molar-refractivity contribution in [1.29, 1.82) is 0 Å². The minimum atomic E-state index is -0.284. The number of aryl methyl sites for hydroxylation is 1. The molecule has 2 heterocycles. The minimum Gasteiger partial charge on any atom is -0.392 e. The standard InChI is InChI=1S/C16H26N4O2/c1-13-5-6-15(19-10-13)17-7-3-8-18-16(22)12-20-9-2-4-14(21)11-20/h5-6,10,14,21H,2-4,7-9,11-12H2,1H3,(H,17,19)(H,18,22)/t14-/m1/s1. The number of likely N-dealkylation sites (tertiary alicyclic amines) is 1. The molecule has 2 rings (SSSR count). The second kappa shape index (κ2) is 8.70. The Morgan fingerprint density at radius 2 is 2.32 bits per heavy atom. The van der Waals surface area contributed by atoms with Gasteiger partial charge in [-0.15, -0.1) is 0 Å². The molecule has 122 valence electrons. The molecular formula is C16H26N4O2. The number of nitrogens with zero attached hydrogens (tertiary/aromatic N) is 2. The molecule has 3 N–H and O–H groups in total. The minimum absolute atomic E-state index is 0.0301. The van der Waals surface area contributed by atoms with E-state index in [-0.39, 0.29) is 12.0 Å². The van der Waals surface area contributed by atoms with Crippen molar-refractivity contribution in [2.24, 2.45) is 0 Å². The van der Waals surface area contributed by atoms with E-state index in [1.54, 1.807) is 0 Å². The third kappa shape index (κ3) is 5.99. The summed E-state index contributed by atoms with van der Waals surface area (Å²) >= 11 is 0. The number of nitrogens with one attached hydrogen (secondary N) is 2. The van der Waals surface area contributed by atoms with Gasteiger partial charge in [-0.1, -0.05) is 6.07 Å². The Balaban J connectivity index is 1.54. The molecule has 1 aromatic heterocycles. The lowest BCUT2D eigenvalue weighted by Gasteiger charge is -2.29. The summed E-state index contributed by atoms with van der Waals surface area (Å²) < 4.78 is 0. The van der Waals surface area contributed by atoms with Crippen LogP contribution in [0.25, 0.3) is 0 Å². The van der Waals surface area contributed by atoms with Gasteiger partial charge < -0.3 is 15.7 Å². The van der Waals surface area contributed by atoms with E-state index in [1.165, 1.54) is 0 Å². The van der Waals surface area contributed by atoms with Crippen molar-refractivity contribution in [2.45, 2.75) is 32.3 Å². The molecule has 1 fully saturated rings. The second-order valence-corrected chi connectivity index (χ2v) is 5.88. The first-order valence-electron chi connectivity index (χ1n) is 7.97. The molecule has 22 heavy (non-hydrogen) atoms. The zero-order valence-corrected chi connectivity index (χ0v) is 13.2. The molecule has 1 amide bonds. The summed E-state index contributed by atoms with van der Waals surface area (Å²) in [5.74, 6) is 0.891. The van der Waals surface area contributed by atoms with Crippen molar-refractivity contribution >= 4 is 11.7 Å². The highest BCUT2D eigenvalue weighted by Crippen LogP contribution is 2.08. The first-order valence-corrected chi connectivity index (χ1v) is 7.97. The van der Waals surface area contributed by atoms with Crippen LogP contribution < -0.4 is 10.6 Å². The fourth-order valence-corrected chi connectivity index (χ4v) is 2.54. The fourth-order valence-electron chi connectivity index (χ4n) is 2.54. The first kappa shape index (κ1) is 16.7. The normalized spacial score (nSPS) is 18.9. The van der Waals surface area contributed by atoms with Crippen LogP contribution in [0.4, 0.5) is 5.82 Å². The quantitative estimate of drug-likeness (QED) is 0.649. The van der Waals surface area contributed by atoms with Crippen molar-refractivity contribution in [3.63, 3.8) is 0 Å². The van der Waals surface area contributed by atoms with Gasteiger partial charge >= 0.3 is 0 Å². The van der Waals surface area contributed by atoms with E-state index < -0.39 is 0 Å². The fraction of sp³-hybridized carbons (Fsp3) is 0.625. The van der Waals surface area contributed by atoms with Crippen LogP contribution in [0.1, 0.15) is 24.8 Å². The maximum absolute atomic E-state index is 11.8. The Labute approximate surface area is 131 Å². The Morgan fingerprint density at radius 1 is 1.45 bits per heavy atom. The van der Waals surface area contributed by atoms with E-state index in [9.17, 15) is 9.90 Å². The van der Waals surface area contributed by atoms with Crippen molar-refractivity contribution in [3.05, 3.63) is 23.9 Å². The zero-order valence-electron chi connectivity index (χ0n) is 13.2. The van der Waals surface area contributed by atoms with Crippen molar-refractivity contribution in [3.8, 4) is 0 Å². The van der Waals surface area contributed by atoms with Crippen LogP contribution in [0.2, 0.25) is 0 Å². The highest BCUT2D eigenvalue weighted by atomic mass is 16.3. The van der Waals surface area contributed by atoms with Crippen molar-refractivity contribution in [1.82, 2.24) is 15.2 Å². The number of hydrogen-bond donors (Lipinski definition) is 3. The molecule has 0 spiro atoms.